The van der Waals surface area contributed by atoms with Gasteiger partial charge in [0, 0.05) is 18.2 Å². The average Bonchev–Trinajstić information content (AvgIpc) is 2.91. The van der Waals surface area contributed by atoms with Crippen LogP contribution in [0.3, 0.4) is 0 Å². The second-order valence-corrected chi connectivity index (χ2v) is 7.71. The van der Waals surface area contributed by atoms with Gasteiger partial charge in [-0.05, 0) is 51.0 Å². The monoisotopic (exact) mass is 327 g/mol. The van der Waals surface area contributed by atoms with Crippen molar-refractivity contribution in [1.29, 1.82) is 0 Å². The Morgan fingerprint density at radius 1 is 1.29 bits per heavy atom. The molecule has 1 aliphatic carbocycles. The number of carbonyl (C=O) groups excluding carboxylic acids is 2. The smallest absolute Gasteiger partial charge is 0.357 e. The van der Waals surface area contributed by atoms with Crippen molar-refractivity contribution in [3.8, 4) is 0 Å². The van der Waals surface area contributed by atoms with Crippen molar-refractivity contribution in [1.82, 2.24) is 4.57 Å². The number of ether oxygens (including phenoxy) is 2. The lowest BCUT2D eigenvalue weighted by molar-refractivity contribution is -0.153. The highest BCUT2D eigenvalue weighted by atomic mass is 16.6. The topological polar surface area (TPSA) is 57.5 Å². The van der Waals surface area contributed by atoms with Crippen molar-refractivity contribution in [3.05, 3.63) is 35.5 Å². The minimum Gasteiger partial charge on any atom is -0.460 e. The molecule has 2 heterocycles. The van der Waals surface area contributed by atoms with E-state index in [0.29, 0.717) is 5.69 Å². The fraction of sp³-hybridized carbons (Fsp3) is 0.474. The van der Waals surface area contributed by atoms with E-state index in [1.54, 1.807) is 0 Å². The second kappa shape index (κ2) is 4.85. The average molecular weight is 327 g/mol. The first kappa shape index (κ1) is 15.2. The van der Waals surface area contributed by atoms with Gasteiger partial charge in [0.05, 0.1) is 11.9 Å². The third-order valence-electron chi connectivity index (χ3n) is 4.67. The Labute approximate surface area is 140 Å². The van der Waals surface area contributed by atoms with E-state index in [4.69, 9.17) is 9.47 Å². The van der Waals surface area contributed by atoms with E-state index in [9.17, 15) is 9.59 Å². The molecular formula is C19H21NO4. The van der Waals surface area contributed by atoms with Crippen LogP contribution in [-0.4, -0.2) is 22.1 Å². The Hall–Kier alpha value is -2.30. The summed E-state index contributed by atoms with van der Waals surface area (Å²) in [6.07, 6.45) is 3.04. The van der Waals surface area contributed by atoms with Gasteiger partial charge in [-0.1, -0.05) is 6.07 Å². The molecule has 2 aromatic rings. The Kier molecular flexibility index (Phi) is 3.08. The first-order valence-electron chi connectivity index (χ1n) is 8.38. The van der Waals surface area contributed by atoms with Crippen LogP contribution in [0.25, 0.3) is 10.9 Å². The van der Waals surface area contributed by atoms with E-state index < -0.39 is 11.3 Å². The molecule has 1 saturated carbocycles. The maximum Gasteiger partial charge on any atom is 0.357 e. The van der Waals surface area contributed by atoms with Gasteiger partial charge < -0.3 is 9.47 Å². The Balaban J connectivity index is 1.66. The molecule has 0 saturated heterocycles. The van der Waals surface area contributed by atoms with Gasteiger partial charge in [-0.25, -0.2) is 4.79 Å². The summed E-state index contributed by atoms with van der Waals surface area (Å²) in [5.74, 6) is -0.497. The van der Waals surface area contributed by atoms with Crippen molar-refractivity contribution in [3.63, 3.8) is 0 Å². The molecule has 1 spiro atoms. The van der Waals surface area contributed by atoms with E-state index in [2.05, 4.69) is 0 Å². The van der Waals surface area contributed by atoms with Crippen LogP contribution < -0.4 is 0 Å². The van der Waals surface area contributed by atoms with Gasteiger partial charge in [-0.15, -0.1) is 0 Å². The molecule has 0 atom stereocenters. The largest absolute Gasteiger partial charge is 0.460 e. The maximum absolute atomic E-state index is 12.1. The molecule has 0 amide bonds. The summed E-state index contributed by atoms with van der Waals surface area (Å²) >= 11 is 0. The molecule has 0 unspecified atom stereocenters. The number of esters is 2. The molecule has 0 N–H and O–H groups in total. The lowest BCUT2D eigenvalue weighted by Crippen LogP contribution is -2.39. The summed E-state index contributed by atoms with van der Waals surface area (Å²) in [7, 11) is 0. The van der Waals surface area contributed by atoms with E-state index >= 15 is 0 Å². The lowest BCUT2D eigenvalue weighted by atomic mass is 9.88. The van der Waals surface area contributed by atoms with Crippen LogP contribution in [0.4, 0.5) is 0 Å². The molecular weight excluding hydrogens is 306 g/mol. The van der Waals surface area contributed by atoms with Crippen LogP contribution in [0.15, 0.2) is 24.3 Å². The SMILES string of the molecule is CC(C)(C)OC(=O)Cc1ccc2c(c1)cc1n2C2(CCC2)OC1=O. The van der Waals surface area contributed by atoms with Gasteiger partial charge in [0.15, 0.2) is 5.72 Å². The zero-order valence-corrected chi connectivity index (χ0v) is 14.2. The lowest BCUT2D eigenvalue weighted by Gasteiger charge is -2.38. The zero-order valence-electron chi connectivity index (χ0n) is 14.2. The van der Waals surface area contributed by atoms with Crippen LogP contribution in [0, 0.1) is 0 Å². The van der Waals surface area contributed by atoms with Gasteiger partial charge in [0.1, 0.15) is 11.3 Å². The molecule has 2 aliphatic rings. The fourth-order valence-electron chi connectivity index (χ4n) is 3.58. The highest BCUT2D eigenvalue weighted by Gasteiger charge is 2.50. The minimum atomic E-state index is -0.487. The number of benzene rings is 1. The summed E-state index contributed by atoms with van der Waals surface area (Å²) in [6, 6.07) is 7.73. The molecule has 1 fully saturated rings. The molecule has 24 heavy (non-hydrogen) atoms. The van der Waals surface area contributed by atoms with Crippen LogP contribution in [-0.2, 0) is 26.4 Å². The summed E-state index contributed by atoms with van der Waals surface area (Å²) in [5, 5.41) is 0.967. The molecule has 4 rings (SSSR count). The number of fused-ring (bicyclic) bond motifs is 4. The molecule has 0 bridgehead atoms. The first-order chi connectivity index (χ1) is 11.3. The Morgan fingerprint density at radius 3 is 2.67 bits per heavy atom. The van der Waals surface area contributed by atoms with E-state index in [1.165, 1.54) is 0 Å². The molecule has 5 nitrogen and oxygen atoms in total. The van der Waals surface area contributed by atoms with Gasteiger partial charge in [0.2, 0.25) is 0 Å². The van der Waals surface area contributed by atoms with Crippen molar-refractivity contribution < 1.29 is 19.1 Å². The molecule has 1 aromatic heterocycles. The quantitative estimate of drug-likeness (QED) is 0.792. The summed E-state index contributed by atoms with van der Waals surface area (Å²) in [6.45, 7) is 5.57. The number of nitrogens with zero attached hydrogens (tertiary/aromatic N) is 1. The van der Waals surface area contributed by atoms with E-state index in [0.717, 1.165) is 35.7 Å². The summed E-state index contributed by atoms with van der Waals surface area (Å²) in [4.78, 5) is 24.2. The zero-order chi connectivity index (χ0) is 17.1. The number of carbonyl (C=O) groups is 2. The summed E-state index contributed by atoms with van der Waals surface area (Å²) in [5.41, 5.74) is 1.53. The van der Waals surface area contributed by atoms with Crippen LogP contribution in [0.1, 0.15) is 56.1 Å². The highest BCUT2D eigenvalue weighted by Crippen LogP contribution is 2.48. The van der Waals surface area contributed by atoms with Crippen LogP contribution in [0.5, 0.6) is 0 Å². The number of hydrogen-bond acceptors (Lipinski definition) is 4. The second-order valence-electron chi connectivity index (χ2n) is 7.71. The van der Waals surface area contributed by atoms with Gasteiger partial charge in [-0.3, -0.25) is 9.36 Å². The Morgan fingerprint density at radius 2 is 2.04 bits per heavy atom. The molecule has 1 aromatic carbocycles. The molecule has 0 radical (unpaired) electrons. The minimum absolute atomic E-state index is 0.226. The predicted molar refractivity (Wildman–Crippen MR) is 88.7 cm³/mol. The van der Waals surface area contributed by atoms with Crippen molar-refractivity contribution >= 4 is 22.8 Å². The molecule has 1 aliphatic heterocycles. The Bertz CT molecular complexity index is 852. The molecule has 5 heteroatoms. The first-order valence-corrected chi connectivity index (χ1v) is 8.38. The number of hydrogen-bond donors (Lipinski definition) is 0. The standard InChI is InChI=1S/C19H21NO4/c1-18(2,3)23-16(21)10-12-5-6-14-13(9-12)11-15-17(22)24-19(20(14)15)7-4-8-19/h5-6,9,11H,4,7-8,10H2,1-3H3. The van der Waals surface area contributed by atoms with Crippen molar-refractivity contribution in [2.24, 2.45) is 0 Å². The van der Waals surface area contributed by atoms with Crippen molar-refractivity contribution in [2.75, 3.05) is 0 Å². The number of rotatable bonds is 2. The van der Waals surface area contributed by atoms with E-state index in [-0.39, 0.29) is 18.4 Å². The third kappa shape index (κ3) is 2.30. The maximum atomic E-state index is 12.1. The molecule has 126 valence electrons. The van der Waals surface area contributed by atoms with Crippen molar-refractivity contribution in [2.45, 2.75) is 57.8 Å². The summed E-state index contributed by atoms with van der Waals surface area (Å²) < 4.78 is 13.0. The van der Waals surface area contributed by atoms with E-state index in [1.807, 2.05) is 49.6 Å². The highest BCUT2D eigenvalue weighted by molar-refractivity contribution is 5.98. The number of aromatic nitrogens is 1. The van der Waals surface area contributed by atoms with Gasteiger partial charge >= 0.3 is 11.9 Å². The fourth-order valence-corrected chi connectivity index (χ4v) is 3.58. The third-order valence-corrected chi connectivity index (χ3v) is 4.67. The van der Waals surface area contributed by atoms with Gasteiger partial charge in [0.25, 0.3) is 0 Å². The van der Waals surface area contributed by atoms with Gasteiger partial charge in [-0.2, -0.15) is 0 Å². The van der Waals surface area contributed by atoms with Crippen LogP contribution >= 0.6 is 0 Å². The normalized spacial score (nSPS) is 18.4. The van der Waals surface area contributed by atoms with Crippen LogP contribution in [0.2, 0.25) is 0 Å². The predicted octanol–water partition coefficient (Wildman–Crippen LogP) is 3.53.